The van der Waals surface area contributed by atoms with Crippen molar-refractivity contribution in [1.82, 2.24) is 14.5 Å². The van der Waals surface area contributed by atoms with E-state index in [9.17, 15) is 18.0 Å². The number of carbonyl (C=O) groups excluding carboxylic acids is 2. The maximum atomic E-state index is 12.7. The van der Waals surface area contributed by atoms with Crippen LogP contribution in [0.15, 0.2) is 29.2 Å². The lowest BCUT2D eigenvalue weighted by molar-refractivity contribution is -0.129. The number of hydrogen-bond donors (Lipinski definition) is 2. The van der Waals surface area contributed by atoms with E-state index in [0.717, 1.165) is 0 Å². The SMILES string of the molecule is CC(=O)N1CCN(S(=O)(=O)c2ccc(C(=O)NCC(C)(C)N)cc2)CC1. The second-order valence-electron chi connectivity index (χ2n) is 7.11. The molecule has 0 unspecified atom stereocenters. The van der Waals surface area contributed by atoms with Gasteiger partial charge in [-0.2, -0.15) is 4.31 Å². The van der Waals surface area contributed by atoms with Crippen LogP contribution in [0.3, 0.4) is 0 Å². The summed E-state index contributed by atoms with van der Waals surface area (Å²) in [5, 5.41) is 2.71. The van der Waals surface area contributed by atoms with Gasteiger partial charge in [0.1, 0.15) is 0 Å². The third kappa shape index (κ3) is 5.03. The van der Waals surface area contributed by atoms with Crippen molar-refractivity contribution in [2.75, 3.05) is 32.7 Å². The summed E-state index contributed by atoms with van der Waals surface area (Å²) in [6, 6.07) is 5.82. The topological polar surface area (TPSA) is 113 Å². The molecule has 0 radical (unpaired) electrons. The predicted octanol–water partition coefficient (Wildman–Crippen LogP) is 0.00650. The van der Waals surface area contributed by atoms with Crippen LogP contribution in [0.25, 0.3) is 0 Å². The molecule has 26 heavy (non-hydrogen) atoms. The monoisotopic (exact) mass is 382 g/mol. The Balaban J connectivity index is 2.05. The Labute approximate surface area is 154 Å². The average Bonchev–Trinajstić information content (AvgIpc) is 2.59. The van der Waals surface area contributed by atoms with Gasteiger partial charge in [0, 0.05) is 50.7 Å². The van der Waals surface area contributed by atoms with Crippen molar-refractivity contribution in [3.05, 3.63) is 29.8 Å². The molecule has 8 nitrogen and oxygen atoms in total. The van der Waals surface area contributed by atoms with Crippen LogP contribution < -0.4 is 11.1 Å². The Hall–Kier alpha value is -1.97. The smallest absolute Gasteiger partial charge is 0.251 e. The van der Waals surface area contributed by atoms with Gasteiger partial charge in [0.2, 0.25) is 15.9 Å². The summed E-state index contributed by atoms with van der Waals surface area (Å²) in [6.07, 6.45) is 0. The quantitative estimate of drug-likeness (QED) is 0.745. The van der Waals surface area contributed by atoms with Gasteiger partial charge in [0.15, 0.2) is 0 Å². The van der Waals surface area contributed by atoms with Crippen molar-refractivity contribution < 1.29 is 18.0 Å². The minimum absolute atomic E-state index is 0.0573. The summed E-state index contributed by atoms with van der Waals surface area (Å²) in [6.45, 7) is 6.66. The third-order valence-electron chi connectivity index (χ3n) is 4.14. The van der Waals surface area contributed by atoms with E-state index in [1.165, 1.54) is 35.5 Å². The predicted molar refractivity (Wildman–Crippen MR) is 98.1 cm³/mol. The van der Waals surface area contributed by atoms with Gasteiger partial charge >= 0.3 is 0 Å². The lowest BCUT2D eigenvalue weighted by Crippen LogP contribution is -2.49. The van der Waals surface area contributed by atoms with Gasteiger partial charge in [-0.05, 0) is 38.1 Å². The normalized spacial score (nSPS) is 16.4. The number of hydrogen-bond acceptors (Lipinski definition) is 5. The summed E-state index contributed by atoms with van der Waals surface area (Å²) in [5.41, 5.74) is 5.67. The molecule has 1 aliphatic heterocycles. The number of carbonyl (C=O) groups is 2. The summed E-state index contributed by atoms with van der Waals surface area (Å²) in [7, 11) is -3.65. The molecule has 3 N–H and O–H groups in total. The molecular formula is C17H26N4O4S. The third-order valence-corrected chi connectivity index (χ3v) is 6.06. The maximum Gasteiger partial charge on any atom is 0.251 e. The number of amides is 2. The standard InChI is InChI=1S/C17H26N4O4S/c1-13(22)20-8-10-21(11-9-20)26(24,25)15-6-4-14(5-7-15)16(23)19-12-17(2,3)18/h4-7H,8-12,18H2,1-3H3,(H,19,23). The van der Waals surface area contributed by atoms with Gasteiger partial charge in [-0.3, -0.25) is 9.59 Å². The van der Waals surface area contributed by atoms with Crippen molar-refractivity contribution in [3.8, 4) is 0 Å². The zero-order chi connectivity index (χ0) is 19.5. The van der Waals surface area contributed by atoms with Crippen LogP contribution in [-0.4, -0.2) is 67.7 Å². The first-order valence-electron chi connectivity index (χ1n) is 8.43. The lowest BCUT2D eigenvalue weighted by atomic mass is 10.1. The summed E-state index contributed by atoms with van der Waals surface area (Å²) >= 11 is 0. The highest BCUT2D eigenvalue weighted by Crippen LogP contribution is 2.18. The first-order valence-corrected chi connectivity index (χ1v) is 9.87. The highest BCUT2D eigenvalue weighted by atomic mass is 32.2. The van der Waals surface area contributed by atoms with Crippen LogP contribution in [-0.2, 0) is 14.8 Å². The number of nitrogens with zero attached hydrogens (tertiary/aromatic N) is 2. The Morgan fingerprint density at radius 2 is 1.65 bits per heavy atom. The summed E-state index contributed by atoms with van der Waals surface area (Å²) < 4.78 is 26.8. The number of rotatable bonds is 5. The number of piperazine rings is 1. The molecule has 0 aliphatic carbocycles. The fraction of sp³-hybridized carbons (Fsp3) is 0.529. The lowest BCUT2D eigenvalue weighted by Gasteiger charge is -2.33. The molecule has 0 atom stereocenters. The van der Waals surface area contributed by atoms with Gasteiger partial charge < -0.3 is 16.0 Å². The highest BCUT2D eigenvalue weighted by Gasteiger charge is 2.29. The van der Waals surface area contributed by atoms with Crippen LogP contribution in [0.1, 0.15) is 31.1 Å². The van der Waals surface area contributed by atoms with E-state index >= 15 is 0 Å². The first kappa shape index (κ1) is 20.3. The van der Waals surface area contributed by atoms with Crippen LogP contribution in [0.4, 0.5) is 0 Å². The van der Waals surface area contributed by atoms with Gasteiger partial charge in [0.25, 0.3) is 5.91 Å². The fourth-order valence-corrected chi connectivity index (χ4v) is 4.00. The molecule has 0 aromatic heterocycles. The molecule has 144 valence electrons. The molecule has 0 spiro atoms. The molecular weight excluding hydrogens is 356 g/mol. The molecule has 2 amide bonds. The Bertz CT molecular complexity index is 761. The second kappa shape index (κ2) is 7.73. The van der Waals surface area contributed by atoms with Crippen LogP contribution in [0, 0.1) is 0 Å². The molecule has 1 aromatic rings. The van der Waals surface area contributed by atoms with Crippen LogP contribution >= 0.6 is 0 Å². The van der Waals surface area contributed by atoms with E-state index in [1.54, 1.807) is 18.7 Å². The maximum absolute atomic E-state index is 12.7. The minimum atomic E-state index is -3.65. The number of sulfonamides is 1. The zero-order valence-corrected chi connectivity index (χ0v) is 16.2. The Morgan fingerprint density at radius 1 is 1.12 bits per heavy atom. The second-order valence-corrected chi connectivity index (χ2v) is 9.04. The summed E-state index contributed by atoms with van der Waals surface area (Å²) in [4.78, 5) is 25.2. The van der Waals surface area contributed by atoms with E-state index < -0.39 is 15.6 Å². The molecule has 1 heterocycles. The van der Waals surface area contributed by atoms with E-state index in [4.69, 9.17) is 5.73 Å². The van der Waals surface area contributed by atoms with Crippen LogP contribution in [0.2, 0.25) is 0 Å². The molecule has 0 saturated carbocycles. The molecule has 1 fully saturated rings. The molecule has 1 aliphatic rings. The minimum Gasteiger partial charge on any atom is -0.350 e. The zero-order valence-electron chi connectivity index (χ0n) is 15.4. The van der Waals surface area contributed by atoms with Crippen molar-refractivity contribution in [2.24, 2.45) is 5.73 Å². The van der Waals surface area contributed by atoms with E-state index in [1.807, 2.05) is 0 Å². The summed E-state index contributed by atoms with van der Waals surface area (Å²) in [5.74, 6) is -0.361. The van der Waals surface area contributed by atoms with Gasteiger partial charge in [-0.25, -0.2) is 8.42 Å². The average molecular weight is 382 g/mol. The Kier molecular flexibility index (Phi) is 6.05. The van der Waals surface area contributed by atoms with Gasteiger partial charge in [-0.1, -0.05) is 0 Å². The molecule has 1 aromatic carbocycles. The van der Waals surface area contributed by atoms with E-state index in [-0.39, 0.29) is 29.8 Å². The largest absolute Gasteiger partial charge is 0.350 e. The molecule has 9 heteroatoms. The molecule has 0 bridgehead atoms. The number of nitrogens with two attached hydrogens (primary N) is 1. The fourth-order valence-electron chi connectivity index (χ4n) is 2.58. The van der Waals surface area contributed by atoms with E-state index in [2.05, 4.69) is 5.32 Å². The van der Waals surface area contributed by atoms with Gasteiger partial charge in [-0.15, -0.1) is 0 Å². The number of benzene rings is 1. The van der Waals surface area contributed by atoms with Crippen molar-refractivity contribution in [1.29, 1.82) is 0 Å². The van der Waals surface area contributed by atoms with E-state index in [0.29, 0.717) is 25.2 Å². The molecule has 2 rings (SSSR count). The van der Waals surface area contributed by atoms with Crippen molar-refractivity contribution in [3.63, 3.8) is 0 Å². The Morgan fingerprint density at radius 3 is 2.12 bits per heavy atom. The van der Waals surface area contributed by atoms with Gasteiger partial charge in [0.05, 0.1) is 4.90 Å². The van der Waals surface area contributed by atoms with Crippen LogP contribution in [0.5, 0.6) is 0 Å². The first-order chi connectivity index (χ1) is 12.0. The number of nitrogens with one attached hydrogen (secondary N) is 1. The highest BCUT2D eigenvalue weighted by molar-refractivity contribution is 7.89. The van der Waals surface area contributed by atoms with Crippen molar-refractivity contribution in [2.45, 2.75) is 31.2 Å². The molecule has 1 saturated heterocycles. The van der Waals surface area contributed by atoms with Crippen molar-refractivity contribution >= 4 is 21.8 Å².